The monoisotopic (exact) mass is 732 g/mol. The zero-order valence-electron chi connectivity index (χ0n) is 28.2. The standard InChI is InChI=1S/C46H28N4S3/c1-5-13-39-35(9-1)36-10-2-6-14-40(36)49(39)31-21-17-29(18-22-31)33-25-27-51-43(33)45-47-48-46(53-45)44-34(26-28-52-44)30-19-23-32(24-20-30)50-41-15-7-3-11-37(41)38-12-4-8-16-42(38)50/h1-28H. The van der Waals surface area contributed by atoms with Crippen LogP contribution in [0.3, 0.4) is 0 Å². The molecular weight excluding hydrogens is 705 g/mol. The first-order chi connectivity index (χ1) is 26.3. The number of nitrogens with zero attached hydrogens (tertiary/aromatic N) is 4. The summed E-state index contributed by atoms with van der Waals surface area (Å²) in [7, 11) is 0. The summed E-state index contributed by atoms with van der Waals surface area (Å²) in [4.78, 5) is 2.29. The van der Waals surface area contributed by atoms with Gasteiger partial charge in [0.2, 0.25) is 0 Å². The van der Waals surface area contributed by atoms with Gasteiger partial charge >= 0.3 is 0 Å². The zero-order chi connectivity index (χ0) is 34.9. The quantitative estimate of drug-likeness (QED) is 0.171. The Morgan fingerprint density at radius 2 is 0.698 bits per heavy atom. The summed E-state index contributed by atoms with van der Waals surface area (Å²) in [5.74, 6) is 0. The number of fused-ring (bicyclic) bond motifs is 6. The van der Waals surface area contributed by atoms with Crippen LogP contribution in [-0.4, -0.2) is 19.3 Å². The molecule has 5 heterocycles. The molecule has 250 valence electrons. The fraction of sp³-hybridized carbons (Fsp3) is 0. The molecule has 0 saturated heterocycles. The largest absolute Gasteiger partial charge is 0.309 e. The summed E-state index contributed by atoms with van der Waals surface area (Å²) in [5, 5.41) is 20.8. The lowest BCUT2D eigenvalue weighted by molar-refractivity contribution is 1.11. The third-order valence-electron chi connectivity index (χ3n) is 10.2. The molecule has 0 saturated carbocycles. The molecule has 5 aromatic heterocycles. The minimum atomic E-state index is 0.942. The maximum Gasteiger partial charge on any atom is 0.158 e. The molecule has 0 fully saturated rings. The number of benzene rings is 6. The highest BCUT2D eigenvalue weighted by Gasteiger charge is 2.19. The van der Waals surface area contributed by atoms with Crippen molar-refractivity contribution in [1.82, 2.24) is 19.3 Å². The molecule has 0 unspecified atom stereocenters. The van der Waals surface area contributed by atoms with E-state index in [4.69, 9.17) is 10.2 Å². The summed E-state index contributed by atoms with van der Waals surface area (Å²) in [6, 6.07) is 56.8. The molecule has 11 rings (SSSR count). The van der Waals surface area contributed by atoms with Crippen molar-refractivity contribution in [2.75, 3.05) is 0 Å². The minimum Gasteiger partial charge on any atom is -0.309 e. The third-order valence-corrected chi connectivity index (χ3v) is 13.2. The van der Waals surface area contributed by atoms with Gasteiger partial charge in [-0.05, 0) is 82.6 Å². The van der Waals surface area contributed by atoms with Crippen molar-refractivity contribution in [3.8, 4) is 53.4 Å². The molecule has 0 bridgehead atoms. The van der Waals surface area contributed by atoms with Crippen LogP contribution < -0.4 is 0 Å². The molecule has 0 radical (unpaired) electrons. The lowest BCUT2D eigenvalue weighted by Gasteiger charge is -2.09. The lowest BCUT2D eigenvalue weighted by atomic mass is 10.1. The van der Waals surface area contributed by atoms with E-state index in [2.05, 4.69) is 178 Å². The molecule has 53 heavy (non-hydrogen) atoms. The van der Waals surface area contributed by atoms with Gasteiger partial charge < -0.3 is 9.13 Å². The van der Waals surface area contributed by atoms with Crippen LogP contribution in [0.15, 0.2) is 168 Å². The summed E-state index contributed by atoms with van der Waals surface area (Å²) in [5.41, 5.74) is 11.8. The molecule has 0 aliphatic rings. The third kappa shape index (κ3) is 4.86. The van der Waals surface area contributed by atoms with E-state index >= 15 is 0 Å². The Morgan fingerprint density at radius 1 is 0.358 bits per heavy atom. The van der Waals surface area contributed by atoms with Gasteiger partial charge in [-0.2, -0.15) is 0 Å². The highest BCUT2D eigenvalue weighted by molar-refractivity contribution is 7.25. The van der Waals surface area contributed by atoms with E-state index in [9.17, 15) is 0 Å². The van der Waals surface area contributed by atoms with Gasteiger partial charge in [-0.3, -0.25) is 0 Å². The molecule has 6 aromatic carbocycles. The molecule has 0 amide bonds. The Morgan fingerprint density at radius 3 is 1.06 bits per heavy atom. The Hall–Kier alpha value is -6.12. The Balaban J connectivity index is 0.904. The number of hydrogen-bond donors (Lipinski definition) is 0. The van der Waals surface area contributed by atoms with E-state index in [0.29, 0.717) is 0 Å². The van der Waals surface area contributed by atoms with Gasteiger partial charge in [0.15, 0.2) is 10.0 Å². The molecule has 0 atom stereocenters. The predicted octanol–water partition coefficient (Wildman–Crippen LogP) is 13.5. The van der Waals surface area contributed by atoms with Crippen molar-refractivity contribution in [1.29, 1.82) is 0 Å². The van der Waals surface area contributed by atoms with Crippen LogP contribution in [0.2, 0.25) is 0 Å². The van der Waals surface area contributed by atoms with Crippen molar-refractivity contribution in [3.05, 3.63) is 168 Å². The van der Waals surface area contributed by atoms with Gasteiger partial charge in [-0.1, -0.05) is 108 Å². The number of rotatable bonds is 6. The highest BCUT2D eigenvalue weighted by atomic mass is 32.1. The molecule has 0 N–H and O–H groups in total. The van der Waals surface area contributed by atoms with Crippen LogP contribution in [0.25, 0.3) is 97.0 Å². The molecular formula is C46H28N4S3. The van der Waals surface area contributed by atoms with Crippen molar-refractivity contribution in [2.24, 2.45) is 0 Å². The van der Waals surface area contributed by atoms with E-state index < -0.39 is 0 Å². The van der Waals surface area contributed by atoms with Crippen LogP contribution in [0.5, 0.6) is 0 Å². The summed E-state index contributed by atoms with van der Waals surface area (Å²) >= 11 is 5.10. The van der Waals surface area contributed by atoms with E-state index in [0.717, 1.165) is 31.1 Å². The maximum absolute atomic E-state index is 4.75. The van der Waals surface area contributed by atoms with E-state index in [1.165, 1.54) is 65.9 Å². The molecule has 7 heteroatoms. The van der Waals surface area contributed by atoms with E-state index in [1.54, 1.807) is 34.0 Å². The first-order valence-electron chi connectivity index (χ1n) is 17.5. The van der Waals surface area contributed by atoms with Crippen molar-refractivity contribution >= 4 is 77.6 Å². The van der Waals surface area contributed by atoms with Crippen molar-refractivity contribution in [2.45, 2.75) is 0 Å². The van der Waals surface area contributed by atoms with Gasteiger partial charge in [0, 0.05) is 44.0 Å². The molecule has 11 aromatic rings. The molecule has 0 aliphatic carbocycles. The van der Waals surface area contributed by atoms with Crippen LogP contribution >= 0.6 is 34.0 Å². The predicted molar refractivity (Wildman–Crippen MR) is 226 cm³/mol. The second-order valence-electron chi connectivity index (χ2n) is 13.1. The summed E-state index contributed by atoms with van der Waals surface area (Å²) < 4.78 is 4.72. The van der Waals surface area contributed by atoms with Gasteiger partial charge in [0.1, 0.15) is 0 Å². The normalized spacial score (nSPS) is 11.8. The van der Waals surface area contributed by atoms with Crippen LogP contribution in [0.4, 0.5) is 0 Å². The minimum absolute atomic E-state index is 0.942. The number of para-hydroxylation sites is 4. The van der Waals surface area contributed by atoms with E-state index in [1.807, 2.05) is 0 Å². The first-order valence-corrected chi connectivity index (χ1v) is 20.0. The van der Waals surface area contributed by atoms with Gasteiger partial charge in [0.25, 0.3) is 0 Å². The second-order valence-corrected chi connectivity index (χ2v) is 15.9. The van der Waals surface area contributed by atoms with Gasteiger partial charge in [0.05, 0.1) is 31.8 Å². The SMILES string of the molecule is c1ccc2c(c1)c1ccccc1n2-c1ccc(-c2ccsc2-c2nnc(-c3sccc3-c3ccc(-n4c5ccccc5c5ccccc54)cc3)s2)cc1. The average Bonchev–Trinajstić information content (AvgIpc) is 4.07. The van der Waals surface area contributed by atoms with E-state index in [-0.39, 0.29) is 0 Å². The Kier molecular flexibility index (Phi) is 7.05. The van der Waals surface area contributed by atoms with Crippen LogP contribution in [-0.2, 0) is 0 Å². The maximum atomic E-state index is 4.75. The lowest BCUT2D eigenvalue weighted by Crippen LogP contribution is -1.93. The first kappa shape index (κ1) is 30.5. The molecule has 4 nitrogen and oxygen atoms in total. The molecule has 0 spiro atoms. The fourth-order valence-electron chi connectivity index (χ4n) is 7.79. The average molecular weight is 733 g/mol. The van der Waals surface area contributed by atoms with Gasteiger partial charge in [-0.15, -0.1) is 32.9 Å². The topological polar surface area (TPSA) is 35.6 Å². The van der Waals surface area contributed by atoms with Crippen LogP contribution in [0, 0.1) is 0 Å². The fourth-order valence-corrected chi connectivity index (χ4v) is 10.7. The molecule has 0 aliphatic heterocycles. The van der Waals surface area contributed by atoms with Crippen molar-refractivity contribution in [3.63, 3.8) is 0 Å². The smallest absolute Gasteiger partial charge is 0.158 e. The highest BCUT2D eigenvalue weighted by Crippen LogP contribution is 2.44. The van der Waals surface area contributed by atoms with Crippen LogP contribution in [0.1, 0.15) is 0 Å². The second kappa shape index (κ2) is 12.2. The zero-order valence-corrected chi connectivity index (χ0v) is 30.6. The summed E-state index contributed by atoms with van der Waals surface area (Å²) in [6.07, 6.45) is 0. The Bertz CT molecular complexity index is 2800. The number of hydrogen-bond acceptors (Lipinski definition) is 5. The summed E-state index contributed by atoms with van der Waals surface area (Å²) in [6.45, 7) is 0. The Labute approximate surface area is 317 Å². The van der Waals surface area contributed by atoms with Crippen molar-refractivity contribution < 1.29 is 0 Å². The number of aromatic nitrogens is 4. The number of thiophene rings is 2. The van der Waals surface area contributed by atoms with Gasteiger partial charge in [-0.25, -0.2) is 0 Å².